The fraction of sp³-hybridized carbons (Fsp3) is 0.448. The number of ether oxygens (including phenoxy) is 1. The van der Waals surface area contributed by atoms with Gasteiger partial charge in [-0.15, -0.1) is 0 Å². The molecule has 3 aliphatic rings. The van der Waals surface area contributed by atoms with Crippen LogP contribution in [0.4, 0.5) is 10.8 Å². The number of amides is 1. The van der Waals surface area contributed by atoms with Crippen molar-refractivity contribution < 1.29 is 14.3 Å². The SMILES string of the molecule is C=C(C(=O)CCCCn1cc(-c2ccc3c(c2)N(c2nc4c(s2)C(=O)NC(C)(C)C4)CCO3)cn1)C1CC1. The first-order valence-electron chi connectivity index (χ1n) is 13.4. The fourth-order valence-corrected chi connectivity index (χ4v) is 6.21. The molecule has 198 valence electrons. The van der Waals surface area contributed by atoms with Crippen LogP contribution in [0, 0.1) is 5.92 Å². The number of aryl methyl sites for hydroxylation is 1. The van der Waals surface area contributed by atoms with E-state index < -0.39 is 0 Å². The number of hydrogen-bond acceptors (Lipinski definition) is 7. The Bertz CT molecular complexity index is 1420. The molecule has 0 bridgehead atoms. The topological polar surface area (TPSA) is 89.4 Å². The number of nitrogens with zero attached hydrogens (tertiary/aromatic N) is 4. The summed E-state index contributed by atoms with van der Waals surface area (Å²) in [7, 11) is 0. The first-order chi connectivity index (χ1) is 18.3. The highest BCUT2D eigenvalue weighted by atomic mass is 32.1. The minimum absolute atomic E-state index is 0.0492. The van der Waals surface area contributed by atoms with Gasteiger partial charge in [0, 0.05) is 36.7 Å². The van der Waals surface area contributed by atoms with Crippen LogP contribution >= 0.6 is 11.3 Å². The number of unbranched alkanes of at least 4 members (excludes halogenated alkanes) is 1. The van der Waals surface area contributed by atoms with Crippen LogP contribution in [0.5, 0.6) is 5.75 Å². The zero-order chi connectivity index (χ0) is 26.4. The van der Waals surface area contributed by atoms with E-state index in [9.17, 15) is 9.59 Å². The van der Waals surface area contributed by atoms with Crippen LogP contribution in [0.25, 0.3) is 11.1 Å². The van der Waals surface area contributed by atoms with Gasteiger partial charge in [-0.3, -0.25) is 14.3 Å². The summed E-state index contributed by atoms with van der Waals surface area (Å²) >= 11 is 1.44. The zero-order valence-electron chi connectivity index (χ0n) is 22.0. The smallest absolute Gasteiger partial charge is 0.263 e. The van der Waals surface area contributed by atoms with Crippen molar-refractivity contribution >= 4 is 33.8 Å². The van der Waals surface area contributed by atoms with Crippen LogP contribution in [-0.2, 0) is 17.8 Å². The van der Waals surface area contributed by atoms with Crippen molar-refractivity contribution in [2.24, 2.45) is 5.92 Å². The second-order valence-electron chi connectivity index (χ2n) is 11.1. The summed E-state index contributed by atoms with van der Waals surface area (Å²) < 4.78 is 7.89. The molecule has 0 unspecified atom stereocenters. The normalized spacial score (nSPS) is 17.8. The molecule has 1 fully saturated rings. The molecule has 9 heteroatoms. The molecule has 1 aliphatic carbocycles. The van der Waals surface area contributed by atoms with Gasteiger partial charge in [-0.2, -0.15) is 5.10 Å². The fourth-order valence-electron chi connectivity index (χ4n) is 5.19. The number of aromatic nitrogens is 3. The molecule has 0 radical (unpaired) electrons. The number of hydrogen-bond donors (Lipinski definition) is 1. The van der Waals surface area contributed by atoms with Crippen molar-refractivity contribution in [2.75, 3.05) is 18.1 Å². The lowest BCUT2D eigenvalue weighted by atomic mass is 9.94. The maximum absolute atomic E-state index is 12.7. The molecule has 0 spiro atoms. The van der Waals surface area contributed by atoms with E-state index in [1.807, 2.05) is 30.8 Å². The Kier molecular flexibility index (Phi) is 6.34. The van der Waals surface area contributed by atoms with Crippen molar-refractivity contribution in [1.82, 2.24) is 20.1 Å². The molecule has 38 heavy (non-hydrogen) atoms. The number of fused-ring (bicyclic) bond motifs is 2. The zero-order valence-corrected chi connectivity index (χ0v) is 22.8. The van der Waals surface area contributed by atoms with E-state index in [0.29, 0.717) is 36.8 Å². The molecular formula is C29H33N5O3S. The predicted octanol–water partition coefficient (Wildman–Crippen LogP) is 5.31. The molecule has 1 N–H and O–H groups in total. The van der Waals surface area contributed by atoms with Crippen molar-refractivity contribution in [3.8, 4) is 16.9 Å². The van der Waals surface area contributed by atoms with Gasteiger partial charge in [-0.25, -0.2) is 4.98 Å². The van der Waals surface area contributed by atoms with Gasteiger partial charge in [0.15, 0.2) is 10.9 Å². The number of anilines is 2. The molecule has 1 saturated carbocycles. The molecule has 8 nitrogen and oxygen atoms in total. The predicted molar refractivity (Wildman–Crippen MR) is 148 cm³/mol. The number of carbonyl (C=O) groups is 2. The third kappa shape index (κ3) is 4.99. The number of ketones is 1. The summed E-state index contributed by atoms with van der Waals surface area (Å²) in [5.41, 5.74) is 4.40. The quantitative estimate of drug-likeness (QED) is 0.297. The molecule has 0 saturated heterocycles. The summed E-state index contributed by atoms with van der Waals surface area (Å²) in [5, 5.41) is 8.45. The molecule has 2 aromatic heterocycles. The molecule has 2 aliphatic heterocycles. The van der Waals surface area contributed by atoms with E-state index in [1.165, 1.54) is 11.3 Å². The van der Waals surface area contributed by atoms with Crippen LogP contribution in [0.15, 0.2) is 42.7 Å². The van der Waals surface area contributed by atoms with Gasteiger partial charge in [-0.1, -0.05) is 24.0 Å². The highest BCUT2D eigenvalue weighted by molar-refractivity contribution is 7.17. The number of carbonyl (C=O) groups excluding carboxylic acids is 2. The van der Waals surface area contributed by atoms with E-state index in [1.54, 1.807) is 0 Å². The Balaban J connectivity index is 1.15. The van der Waals surface area contributed by atoms with Crippen molar-refractivity contribution in [1.29, 1.82) is 0 Å². The Morgan fingerprint density at radius 2 is 2.11 bits per heavy atom. The Morgan fingerprint density at radius 3 is 2.92 bits per heavy atom. The lowest BCUT2D eigenvalue weighted by Gasteiger charge is -2.29. The van der Waals surface area contributed by atoms with E-state index in [-0.39, 0.29) is 17.2 Å². The van der Waals surface area contributed by atoms with E-state index >= 15 is 0 Å². The monoisotopic (exact) mass is 531 g/mol. The van der Waals surface area contributed by atoms with Gasteiger partial charge in [0.1, 0.15) is 17.2 Å². The van der Waals surface area contributed by atoms with Crippen molar-refractivity contribution in [2.45, 2.75) is 64.5 Å². The first-order valence-corrected chi connectivity index (χ1v) is 14.2. The number of thiazole rings is 1. The maximum Gasteiger partial charge on any atom is 0.263 e. The van der Waals surface area contributed by atoms with Gasteiger partial charge >= 0.3 is 0 Å². The molecule has 3 aromatic rings. The largest absolute Gasteiger partial charge is 0.490 e. The number of allylic oxidation sites excluding steroid dienone is 1. The van der Waals surface area contributed by atoms with E-state index in [0.717, 1.165) is 71.2 Å². The molecule has 6 rings (SSSR count). The summed E-state index contributed by atoms with van der Waals surface area (Å²) in [6, 6.07) is 6.16. The maximum atomic E-state index is 12.7. The number of Topliss-reactive ketones (excluding diaryl/α,β-unsaturated/α-hetero) is 1. The lowest BCUT2D eigenvalue weighted by Crippen LogP contribution is -2.48. The summed E-state index contributed by atoms with van der Waals surface area (Å²) in [6.45, 7) is 10.0. The van der Waals surface area contributed by atoms with Crippen LogP contribution in [0.2, 0.25) is 0 Å². The van der Waals surface area contributed by atoms with Crippen molar-refractivity contribution in [3.63, 3.8) is 0 Å². The van der Waals surface area contributed by atoms with E-state index in [4.69, 9.17) is 9.72 Å². The average molecular weight is 532 g/mol. The standard InChI is InChI=1S/C29H33N5O3S/c1-18(19-7-8-19)24(35)6-4-5-11-33-17-21(16-30-33)20-9-10-25-23(14-20)34(12-13-37-25)28-31-22-15-29(2,3)32-27(36)26(22)38-28/h9-10,14,16-17,19H,1,4-8,11-13,15H2,2-3H3,(H,32,36). The molecule has 4 heterocycles. The summed E-state index contributed by atoms with van der Waals surface area (Å²) in [6.07, 6.45) is 9.20. The minimum Gasteiger partial charge on any atom is -0.490 e. The van der Waals surface area contributed by atoms with Crippen LogP contribution in [0.1, 0.15) is 61.3 Å². The first kappa shape index (κ1) is 24.9. The molecule has 1 aromatic carbocycles. The molecular weight excluding hydrogens is 498 g/mol. The number of rotatable bonds is 9. The summed E-state index contributed by atoms with van der Waals surface area (Å²) in [5.74, 6) is 1.43. The second kappa shape index (κ2) is 9.69. The van der Waals surface area contributed by atoms with Gasteiger partial charge in [0.25, 0.3) is 5.91 Å². The lowest BCUT2D eigenvalue weighted by molar-refractivity contribution is -0.115. The minimum atomic E-state index is -0.299. The van der Waals surface area contributed by atoms with Crippen LogP contribution < -0.4 is 15.0 Å². The highest BCUT2D eigenvalue weighted by Crippen LogP contribution is 2.42. The third-order valence-electron chi connectivity index (χ3n) is 7.44. The van der Waals surface area contributed by atoms with E-state index in [2.05, 4.69) is 40.2 Å². The number of nitrogens with one attached hydrogen (secondary N) is 1. The Hall–Kier alpha value is -3.46. The molecule has 0 atom stereocenters. The third-order valence-corrected chi connectivity index (χ3v) is 8.56. The van der Waals surface area contributed by atoms with Gasteiger partial charge < -0.3 is 15.0 Å². The van der Waals surface area contributed by atoms with Crippen molar-refractivity contribution in [3.05, 3.63) is 53.3 Å². The van der Waals surface area contributed by atoms with Crippen LogP contribution in [0.3, 0.4) is 0 Å². The van der Waals surface area contributed by atoms with Gasteiger partial charge in [-0.05, 0) is 68.7 Å². The average Bonchev–Trinajstić information content (AvgIpc) is 3.48. The Labute approximate surface area is 226 Å². The summed E-state index contributed by atoms with van der Waals surface area (Å²) in [4.78, 5) is 32.6. The Morgan fingerprint density at radius 1 is 1.26 bits per heavy atom. The van der Waals surface area contributed by atoms with Gasteiger partial charge in [0.2, 0.25) is 0 Å². The highest BCUT2D eigenvalue weighted by Gasteiger charge is 2.35. The molecule has 1 amide bonds. The van der Waals surface area contributed by atoms with Crippen LogP contribution in [-0.4, -0.2) is 45.1 Å². The second-order valence-corrected chi connectivity index (χ2v) is 12.1. The number of benzene rings is 1. The van der Waals surface area contributed by atoms with Gasteiger partial charge in [0.05, 0.1) is 24.1 Å².